The molecule has 0 aliphatic carbocycles. The highest BCUT2D eigenvalue weighted by Crippen LogP contribution is 2.25. The normalized spacial score (nSPS) is 25.6. The molecule has 5 nitrogen and oxygen atoms in total. The molecular weight excluding hydrogens is 220 g/mol. The van der Waals surface area contributed by atoms with E-state index in [9.17, 15) is 4.79 Å². The summed E-state index contributed by atoms with van der Waals surface area (Å²) in [5.74, 6) is -0.356. The van der Waals surface area contributed by atoms with E-state index in [1.165, 1.54) is 0 Å². The fraction of sp³-hybridized carbons (Fsp3) is 0.917. The first-order chi connectivity index (χ1) is 7.94. The Hall–Kier alpha value is -0.650. The predicted octanol–water partition coefficient (Wildman–Crippen LogP) is 0.581. The van der Waals surface area contributed by atoms with Crippen LogP contribution >= 0.6 is 0 Å². The Kier molecular flexibility index (Phi) is 4.91. The molecule has 0 spiro atoms. The average Bonchev–Trinajstić information content (AvgIpc) is 2.28. The van der Waals surface area contributed by atoms with Crippen molar-refractivity contribution < 1.29 is 14.3 Å². The van der Waals surface area contributed by atoms with Crippen molar-refractivity contribution in [2.24, 2.45) is 11.7 Å². The summed E-state index contributed by atoms with van der Waals surface area (Å²) in [7, 11) is 0. The maximum Gasteiger partial charge on any atom is 0.341 e. The first kappa shape index (κ1) is 14.4. The molecule has 1 aliphatic rings. The molecule has 0 aromatic carbocycles. The van der Waals surface area contributed by atoms with Gasteiger partial charge in [-0.2, -0.15) is 0 Å². The third-order valence-electron chi connectivity index (χ3n) is 3.33. The molecule has 0 aromatic heterocycles. The van der Waals surface area contributed by atoms with Gasteiger partial charge in [-0.15, -0.1) is 0 Å². The van der Waals surface area contributed by atoms with Crippen LogP contribution in [0.25, 0.3) is 0 Å². The molecule has 1 heterocycles. The van der Waals surface area contributed by atoms with Crippen molar-refractivity contribution in [1.29, 1.82) is 0 Å². The molecule has 5 heteroatoms. The molecule has 17 heavy (non-hydrogen) atoms. The summed E-state index contributed by atoms with van der Waals surface area (Å²) in [6.07, 6.45) is 0. The summed E-state index contributed by atoms with van der Waals surface area (Å²) < 4.78 is 10.5. The van der Waals surface area contributed by atoms with Gasteiger partial charge in [-0.1, -0.05) is 13.8 Å². The van der Waals surface area contributed by atoms with E-state index >= 15 is 0 Å². The number of nitrogens with two attached hydrogens (primary N) is 1. The van der Waals surface area contributed by atoms with Crippen molar-refractivity contribution >= 4 is 5.97 Å². The third kappa shape index (κ3) is 2.78. The molecule has 1 fully saturated rings. The van der Waals surface area contributed by atoms with E-state index in [1.807, 2.05) is 25.7 Å². The Balaban J connectivity index is 2.93. The van der Waals surface area contributed by atoms with Crippen LogP contribution in [0.3, 0.4) is 0 Å². The monoisotopic (exact) mass is 244 g/mol. The quantitative estimate of drug-likeness (QED) is 0.733. The van der Waals surface area contributed by atoms with Crippen molar-refractivity contribution in [3.8, 4) is 0 Å². The second kappa shape index (κ2) is 5.80. The van der Waals surface area contributed by atoms with Crippen molar-refractivity contribution in [3.05, 3.63) is 0 Å². The molecule has 2 atom stereocenters. The molecule has 1 aliphatic heterocycles. The van der Waals surface area contributed by atoms with E-state index < -0.39 is 5.66 Å². The topological polar surface area (TPSA) is 64.8 Å². The zero-order valence-electron chi connectivity index (χ0n) is 11.2. The zero-order chi connectivity index (χ0) is 13.1. The Bertz CT molecular complexity index is 270. The number of rotatable bonds is 4. The molecule has 2 N–H and O–H groups in total. The van der Waals surface area contributed by atoms with Gasteiger partial charge in [-0.3, -0.25) is 4.90 Å². The second-order valence-corrected chi connectivity index (χ2v) is 4.82. The molecule has 0 aromatic rings. The molecule has 0 amide bonds. The summed E-state index contributed by atoms with van der Waals surface area (Å²) in [6.45, 7) is 9.92. The fourth-order valence-electron chi connectivity index (χ4n) is 2.21. The summed E-state index contributed by atoms with van der Waals surface area (Å²) in [6, 6.07) is 0.126. The number of esters is 1. The van der Waals surface area contributed by atoms with Crippen LogP contribution in [-0.4, -0.2) is 48.9 Å². The molecule has 0 radical (unpaired) electrons. The molecule has 1 unspecified atom stereocenters. The van der Waals surface area contributed by atoms with E-state index in [1.54, 1.807) is 6.92 Å². The van der Waals surface area contributed by atoms with Crippen LogP contribution in [-0.2, 0) is 14.3 Å². The lowest BCUT2D eigenvalue weighted by atomic mass is 9.93. The maximum atomic E-state index is 12.1. The first-order valence-electron chi connectivity index (χ1n) is 6.25. The summed E-state index contributed by atoms with van der Waals surface area (Å²) in [5, 5.41) is 0. The van der Waals surface area contributed by atoms with Crippen molar-refractivity contribution in [3.63, 3.8) is 0 Å². The maximum absolute atomic E-state index is 12.1. The van der Waals surface area contributed by atoms with Gasteiger partial charge in [-0.25, -0.2) is 4.79 Å². The van der Waals surface area contributed by atoms with Crippen LogP contribution in [0.1, 0.15) is 27.7 Å². The predicted molar refractivity (Wildman–Crippen MR) is 65.4 cm³/mol. The molecule has 100 valence electrons. The van der Waals surface area contributed by atoms with Gasteiger partial charge in [0, 0.05) is 12.6 Å². The van der Waals surface area contributed by atoms with Crippen LogP contribution in [0, 0.1) is 5.92 Å². The lowest BCUT2D eigenvalue weighted by Gasteiger charge is -2.46. The first-order valence-corrected chi connectivity index (χ1v) is 6.25. The van der Waals surface area contributed by atoms with Crippen LogP contribution in [0.15, 0.2) is 0 Å². The largest absolute Gasteiger partial charge is 0.464 e. The summed E-state index contributed by atoms with van der Waals surface area (Å²) >= 11 is 0. The third-order valence-corrected chi connectivity index (χ3v) is 3.33. The van der Waals surface area contributed by atoms with Gasteiger partial charge in [0.05, 0.1) is 19.8 Å². The minimum atomic E-state index is -1.06. The van der Waals surface area contributed by atoms with E-state index in [-0.39, 0.29) is 17.9 Å². The van der Waals surface area contributed by atoms with Crippen LogP contribution < -0.4 is 5.73 Å². The van der Waals surface area contributed by atoms with Gasteiger partial charge in [-0.05, 0) is 19.8 Å². The molecule has 0 saturated carbocycles. The van der Waals surface area contributed by atoms with Gasteiger partial charge in [0.2, 0.25) is 0 Å². The van der Waals surface area contributed by atoms with E-state index in [0.29, 0.717) is 26.4 Å². The van der Waals surface area contributed by atoms with Crippen molar-refractivity contribution in [1.82, 2.24) is 4.90 Å². The van der Waals surface area contributed by atoms with E-state index in [4.69, 9.17) is 15.2 Å². The van der Waals surface area contributed by atoms with Crippen LogP contribution in [0.2, 0.25) is 0 Å². The number of nitrogens with zero attached hydrogens (tertiary/aromatic N) is 1. The number of hydrogen-bond donors (Lipinski definition) is 1. The standard InChI is InChI=1S/C12H24N2O3/c1-5-17-11(15)12(13,9(2)3)14-6-7-16-8-10(14)4/h9-10H,5-8,13H2,1-4H3/t10?,12-/m1/s1. The second-order valence-electron chi connectivity index (χ2n) is 4.82. The Morgan fingerprint density at radius 1 is 1.65 bits per heavy atom. The zero-order valence-corrected chi connectivity index (χ0v) is 11.2. The highest BCUT2D eigenvalue weighted by molar-refractivity contribution is 5.80. The Labute approximate surface area is 103 Å². The molecular formula is C12H24N2O3. The highest BCUT2D eigenvalue weighted by Gasteiger charge is 2.47. The van der Waals surface area contributed by atoms with Gasteiger partial charge in [0.15, 0.2) is 5.66 Å². The van der Waals surface area contributed by atoms with Crippen LogP contribution in [0.4, 0.5) is 0 Å². The number of carbonyl (C=O) groups excluding carboxylic acids is 1. The van der Waals surface area contributed by atoms with Gasteiger partial charge in [0.25, 0.3) is 0 Å². The van der Waals surface area contributed by atoms with Crippen molar-refractivity contribution in [2.75, 3.05) is 26.4 Å². The number of ether oxygens (including phenoxy) is 2. The van der Waals surface area contributed by atoms with Gasteiger partial charge in [0.1, 0.15) is 0 Å². The number of hydrogen-bond acceptors (Lipinski definition) is 5. The highest BCUT2D eigenvalue weighted by atomic mass is 16.5. The number of carbonyl (C=O) groups is 1. The smallest absolute Gasteiger partial charge is 0.341 e. The molecule has 1 saturated heterocycles. The Morgan fingerprint density at radius 3 is 2.76 bits per heavy atom. The lowest BCUT2D eigenvalue weighted by molar-refractivity contribution is -0.169. The average molecular weight is 244 g/mol. The van der Waals surface area contributed by atoms with E-state index in [0.717, 1.165) is 0 Å². The lowest BCUT2D eigenvalue weighted by Crippen LogP contribution is -2.69. The summed E-state index contributed by atoms with van der Waals surface area (Å²) in [4.78, 5) is 14.1. The van der Waals surface area contributed by atoms with Gasteiger partial charge < -0.3 is 15.2 Å². The molecule has 0 bridgehead atoms. The number of morpholine rings is 1. The SMILES string of the molecule is CCOC(=O)[C@@](N)(C(C)C)N1CCOCC1C. The van der Waals surface area contributed by atoms with Gasteiger partial charge >= 0.3 is 5.97 Å². The minimum absolute atomic E-state index is 0.0119. The molecule has 1 rings (SSSR count). The van der Waals surface area contributed by atoms with Crippen LogP contribution in [0.5, 0.6) is 0 Å². The van der Waals surface area contributed by atoms with E-state index in [2.05, 4.69) is 0 Å². The Morgan fingerprint density at radius 2 is 2.29 bits per heavy atom. The minimum Gasteiger partial charge on any atom is -0.464 e. The fourth-order valence-corrected chi connectivity index (χ4v) is 2.21. The summed E-state index contributed by atoms with van der Waals surface area (Å²) in [5.41, 5.74) is 5.28. The van der Waals surface area contributed by atoms with Crippen molar-refractivity contribution in [2.45, 2.75) is 39.4 Å².